The maximum absolute atomic E-state index is 14.2. The average Bonchev–Trinajstić information content (AvgIpc) is 3.37. The quantitative estimate of drug-likeness (QED) is 0.0762. The van der Waals surface area contributed by atoms with Gasteiger partial charge in [-0.1, -0.05) is 30.3 Å². The second-order valence-electron chi connectivity index (χ2n) is 12.1. The van der Waals surface area contributed by atoms with Crippen LogP contribution in [0, 0.1) is 6.92 Å². The number of imide groups is 1. The second kappa shape index (κ2) is 16.7. The molecule has 2 aliphatic carbocycles. The number of rotatable bonds is 11. The van der Waals surface area contributed by atoms with E-state index in [4.69, 9.17) is 22.1 Å². The van der Waals surface area contributed by atoms with Crippen molar-refractivity contribution in [2.75, 3.05) is 18.1 Å². The van der Waals surface area contributed by atoms with Crippen molar-refractivity contribution >= 4 is 34.4 Å². The number of aryl methyl sites for hydroxylation is 2. The van der Waals surface area contributed by atoms with Crippen molar-refractivity contribution in [1.82, 2.24) is 0 Å². The monoisotopic (exact) mass is 701 g/mol. The minimum Gasteiger partial charge on any atom is -0.496 e. The summed E-state index contributed by atoms with van der Waals surface area (Å²) in [5, 5.41) is 0. The summed E-state index contributed by atoms with van der Waals surface area (Å²) < 4.78 is 37.4. The number of carbonyl (C=O) groups is 3. The molecule has 11 heteroatoms. The van der Waals surface area contributed by atoms with Crippen molar-refractivity contribution < 1.29 is 66.0 Å². The minimum absolute atomic E-state index is 0. The Morgan fingerprint density at radius 3 is 1.70 bits per heavy atom. The number of benzene rings is 4. The molecule has 0 unspecified atom stereocenters. The van der Waals surface area contributed by atoms with Gasteiger partial charge < -0.3 is 21.2 Å². The van der Waals surface area contributed by atoms with Gasteiger partial charge in [0, 0.05) is 6.42 Å². The van der Waals surface area contributed by atoms with Crippen LogP contribution in [-0.4, -0.2) is 43.9 Å². The molecule has 0 spiro atoms. The minimum atomic E-state index is -3.11. The summed E-state index contributed by atoms with van der Waals surface area (Å²) in [6, 6.07) is 21.8. The standard InChI is InChI=1S/C39H36NO5.Na.O3S/c1-2-21-44-28-14-18-30-25(23-28)12-16-32-34(30)35-31-19-15-29(45-22-9-4-3-8-20-41)24-26(31)13-17-33(35)37-36(32)38(42)40(39(37)43)27-10-6-5-7-11-27;;1-4(2)3/h5-7,10-11,14-15,18-20,23-24H,1-4,8-9,12-13,16-17,21-22H2;;/q-1;+1;. The number of amides is 2. The molecule has 0 atom stereocenters. The first kappa shape index (κ1) is 37.2. The Hall–Kier alpha value is -4.09. The van der Waals surface area contributed by atoms with Crippen LogP contribution in [0.3, 0.4) is 0 Å². The fourth-order valence-electron chi connectivity index (χ4n) is 7.17. The topological polar surface area (TPSA) is 124 Å². The zero-order chi connectivity index (χ0) is 34.5. The number of unbranched alkanes of at least 4 members (excludes halogenated alkanes) is 3. The molecule has 1 heterocycles. The largest absolute Gasteiger partial charge is 1.00 e. The maximum atomic E-state index is 14.2. The van der Waals surface area contributed by atoms with E-state index < -0.39 is 10.6 Å². The van der Waals surface area contributed by atoms with Gasteiger partial charge in [-0.05, 0) is 126 Å². The molecular weight excluding hydrogens is 665 g/mol. The summed E-state index contributed by atoms with van der Waals surface area (Å²) >= 11 is 0. The number of aldehydes is 1. The van der Waals surface area contributed by atoms with E-state index in [9.17, 15) is 14.4 Å². The van der Waals surface area contributed by atoms with Gasteiger partial charge >= 0.3 is 40.2 Å². The van der Waals surface area contributed by atoms with Crippen LogP contribution in [0.1, 0.15) is 75.1 Å². The van der Waals surface area contributed by atoms with Gasteiger partial charge in [-0.25, -0.2) is 4.90 Å². The third-order valence-electron chi connectivity index (χ3n) is 9.18. The van der Waals surface area contributed by atoms with E-state index in [0.717, 1.165) is 83.3 Å². The molecule has 0 saturated carbocycles. The first-order chi connectivity index (χ1) is 23.8. The Balaban J connectivity index is 0.000000924. The summed E-state index contributed by atoms with van der Waals surface area (Å²) in [6.07, 6.45) is 7.84. The van der Waals surface area contributed by atoms with Crippen LogP contribution in [0.5, 0.6) is 11.5 Å². The molecule has 0 radical (unpaired) electrons. The molecule has 2 amide bonds. The Morgan fingerprint density at radius 2 is 1.20 bits per heavy atom. The molecule has 252 valence electrons. The Labute approximate surface area is 315 Å². The molecule has 4 aromatic carbocycles. The van der Waals surface area contributed by atoms with E-state index in [1.807, 2.05) is 42.5 Å². The Bertz CT molecular complexity index is 2040. The first-order valence-corrected chi connectivity index (χ1v) is 17.5. The van der Waals surface area contributed by atoms with Gasteiger partial charge in [0.25, 0.3) is 11.8 Å². The van der Waals surface area contributed by atoms with Crippen molar-refractivity contribution in [3.05, 3.63) is 107 Å². The van der Waals surface area contributed by atoms with Crippen molar-refractivity contribution in [2.45, 2.75) is 57.8 Å². The molecular formula is C39H36NNaO8S. The van der Waals surface area contributed by atoms with Gasteiger partial charge in [0.2, 0.25) is 0 Å². The van der Waals surface area contributed by atoms with E-state index in [2.05, 4.69) is 31.2 Å². The van der Waals surface area contributed by atoms with Crippen LogP contribution in [0.15, 0.2) is 66.7 Å². The maximum Gasteiger partial charge on any atom is 1.00 e. The number of nitrogens with zero attached hydrogens (tertiary/aromatic N) is 1. The number of ether oxygens (including phenoxy) is 2. The Morgan fingerprint density at radius 1 is 0.680 bits per heavy atom. The van der Waals surface area contributed by atoms with Gasteiger partial charge in [0.15, 0.2) is 0 Å². The fraction of sp³-hybridized carbons (Fsp3) is 0.282. The Kier molecular flexibility index (Phi) is 12.4. The summed E-state index contributed by atoms with van der Waals surface area (Å²) in [5.74, 6) is 1.19. The predicted molar refractivity (Wildman–Crippen MR) is 185 cm³/mol. The summed E-state index contributed by atoms with van der Waals surface area (Å²) in [5.41, 5.74) is 10.3. The molecule has 0 N–H and O–H groups in total. The average molecular weight is 702 g/mol. The number of carbonyl (C=O) groups excluding carboxylic acids is 3. The zero-order valence-electron chi connectivity index (χ0n) is 28.0. The van der Waals surface area contributed by atoms with Crippen LogP contribution in [0.2, 0.25) is 0 Å². The zero-order valence-corrected chi connectivity index (χ0v) is 30.9. The molecule has 4 aromatic rings. The molecule has 0 saturated heterocycles. The summed E-state index contributed by atoms with van der Waals surface area (Å²) in [4.78, 5) is 40.3. The van der Waals surface area contributed by atoms with Crippen molar-refractivity contribution in [3.63, 3.8) is 0 Å². The number of para-hydroxylation sites is 1. The van der Waals surface area contributed by atoms with Crippen LogP contribution >= 0.6 is 0 Å². The molecule has 7 rings (SSSR count). The third-order valence-corrected chi connectivity index (χ3v) is 9.18. The number of hydrogen-bond donors (Lipinski definition) is 0. The predicted octanol–water partition coefficient (Wildman–Crippen LogP) is 3.76. The normalized spacial score (nSPS) is 13.3. The SMILES string of the molecule is O=S(=O)=O.[CH2-]CCOc1ccc2c(c1)CCc1c3c(c4c(c1-2)-c1ccc(OCCCCCC=O)cc1CC4)C(=O)N(c1ccccc1)C3=O.[Na+]. The third kappa shape index (κ3) is 7.49. The molecule has 50 heavy (non-hydrogen) atoms. The fourth-order valence-corrected chi connectivity index (χ4v) is 7.17. The molecule has 1 aliphatic heterocycles. The number of anilines is 1. The second-order valence-corrected chi connectivity index (χ2v) is 12.6. The van der Waals surface area contributed by atoms with Gasteiger partial charge in [0.1, 0.15) is 17.8 Å². The molecule has 0 aromatic heterocycles. The smallest absolute Gasteiger partial charge is 0.496 e. The van der Waals surface area contributed by atoms with E-state index in [-0.39, 0.29) is 41.4 Å². The van der Waals surface area contributed by atoms with Gasteiger partial charge in [-0.3, -0.25) is 9.59 Å². The van der Waals surface area contributed by atoms with Gasteiger partial charge in [-0.15, -0.1) is 19.0 Å². The van der Waals surface area contributed by atoms with Crippen molar-refractivity contribution in [1.29, 1.82) is 0 Å². The van der Waals surface area contributed by atoms with Gasteiger partial charge in [-0.2, -0.15) is 0 Å². The molecule has 3 aliphatic rings. The van der Waals surface area contributed by atoms with Crippen molar-refractivity contribution in [3.8, 4) is 33.8 Å². The first-order valence-electron chi connectivity index (χ1n) is 16.5. The van der Waals surface area contributed by atoms with Crippen LogP contribution in [0.25, 0.3) is 22.3 Å². The molecule has 0 fully saturated rings. The van der Waals surface area contributed by atoms with Crippen LogP contribution in [-0.2, 0) is 41.1 Å². The van der Waals surface area contributed by atoms with E-state index >= 15 is 0 Å². The van der Waals surface area contributed by atoms with Gasteiger partial charge in [0.05, 0.1) is 30.0 Å². The van der Waals surface area contributed by atoms with E-state index in [0.29, 0.717) is 55.7 Å². The van der Waals surface area contributed by atoms with Crippen LogP contribution < -0.4 is 43.9 Å². The van der Waals surface area contributed by atoms with Crippen molar-refractivity contribution in [2.24, 2.45) is 0 Å². The molecule has 0 bridgehead atoms. The van der Waals surface area contributed by atoms with E-state index in [1.54, 1.807) is 0 Å². The summed E-state index contributed by atoms with van der Waals surface area (Å²) in [6.45, 7) is 5.05. The number of hydrogen-bond acceptors (Lipinski definition) is 8. The summed E-state index contributed by atoms with van der Waals surface area (Å²) in [7, 11) is -3.11. The number of fused-ring (bicyclic) bond motifs is 10. The van der Waals surface area contributed by atoms with Crippen LogP contribution in [0.4, 0.5) is 5.69 Å². The molecule has 9 nitrogen and oxygen atoms in total. The van der Waals surface area contributed by atoms with E-state index in [1.165, 1.54) is 16.0 Å².